The number of benzene rings is 2. The van der Waals surface area contributed by atoms with Gasteiger partial charge in [-0.3, -0.25) is 4.90 Å². The molecule has 60 heavy (non-hydrogen) atoms. The van der Waals surface area contributed by atoms with Gasteiger partial charge in [-0.2, -0.15) is 28.4 Å². The lowest BCUT2D eigenvalue weighted by atomic mass is 9.91. The lowest BCUT2D eigenvalue weighted by molar-refractivity contribution is -0.138. The number of nitrogens with two attached hydrogens (primary N) is 2. The topological polar surface area (TPSA) is 143 Å². The summed E-state index contributed by atoms with van der Waals surface area (Å²) in [4.78, 5) is 18.8. The second kappa shape index (κ2) is 18.2. The van der Waals surface area contributed by atoms with Crippen LogP contribution < -0.4 is 25.8 Å². The van der Waals surface area contributed by atoms with E-state index in [0.29, 0.717) is 29.5 Å². The molecule has 0 amide bonds. The van der Waals surface area contributed by atoms with Gasteiger partial charge in [0, 0.05) is 41.8 Å². The summed E-state index contributed by atoms with van der Waals surface area (Å²) < 4.78 is 99.6. The van der Waals surface area contributed by atoms with Crippen LogP contribution in [0.1, 0.15) is 68.6 Å². The lowest BCUT2D eigenvalue weighted by Gasteiger charge is -2.25. The fourth-order valence-electron chi connectivity index (χ4n) is 8.59. The molecule has 0 radical (unpaired) electrons. The van der Waals surface area contributed by atoms with E-state index in [2.05, 4.69) is 31.7 Å². The van der Waals surface area contributed by atoms with E-state index in [1.165, 1.54) is 71.5 Å². The number of pyridine rings is 1. The number of aromatic nitrogens is 3. The van der Waals surface area contributed by atoms with Gasteiger partial charge in [0.1, 0.15) is 58.1 Å². The van der Waals surface area contributed by atoms with Gasteiger partial charge in [0.2, 0.25) is 0 Å². The molecule has 3 fully saturated rings. The predicted molar refractivity (Wildman–Crippen MR) is 221 cm³/mol. The zero-order valence-electron chi connectivity index (χ0n) is 33.4. The molecule has 2 unspecified atom stereocenters. The van der Waals surface area contributed by atoms with Gasteiger partial charge in [-0.25, -0.2) is 18.2 Å². The monoisotopic (exact) mass is 855 g/mol. The number of fused-ring (bicyclic) bond motifs is 2. The quantitative estimate of drug-likeness (QED) is 0.158. The van der Waals surface area contributed by atoms with Gasteiger partial charge in [0.15, 0.2) is 5.82 Å². The third kappa shape index (κ3) is 8.70. The van der Waals surface area contributed by atoms with Crippen LogP contribution in [0, 0.1) is 23.0 Å². The molecule has 0 spiro atoms. The molecule has 5 aromatic rings. The van der Waals surface area contributed by atoms with Gasteiger partial charge in [-0.1, -0.05) is 25.5 Å². The second-order valence-electron chi connectivity index (χ2n) is 15.2. The number of nitrogen functional groups attached to an aromatic ring is 2. The number of hydrogen-bond donors (Lipinski definition) is 2. The Labute approximate surface area is 347 Å². The van der Waals surface area contributed by atoms with E-state index in [0.717, 1.165) is 25.1 Å². The van der Waals surface area contributed by atoms with Gasteiger partial charge >= 0.3 is 12.2 Å². The minimum absolute atomic E-state index is 0.0347. The molecule has 2 atom stereocenters. The number of rotatable bonds is 6. The molecule has 4 N–H and O–H groups in total. The van der Waals surface area contributed by atoms with Crippen LogP contribution in [-0.4, -0.2) is 90.0 Å². The Balaban J connectivity index is 0.000000246. The molecular weight excluding hydrogens is 809 g/mol. The molecule has 7 heterocycles. The number of alkyl halides is 4. The van der Waals surface area contributed by atoms with E-state index in [4.69, 9.17) is 20.9 Å². The Morgan fingerprint density at radius 2 is 1.82 bits per heavy atom. The van der Waals surface area contributed by atoms with E-state index in [-0.39, 0.29) is 63.4 Å². The molecule has 320 valence electrons. The summed E-state index contributed by atoms with van der Waals surface area (Å²) in [5.41, 5.74) is 8.81. The number of anilines is 3. The Morgan fingerprint density at radius 3 is 2.50 bits per heavy atom. The predicted octanol–water partition coefficient (Wildman–Crippen LogP) is 8.72. The molecule has 18 heteroatoms. The fraction of sp³-hybridized carbons (Fsp3) is 0.476. The maximum absolute atomic E-state index is 16.6. The van der Waals surface area contributed by atoms with Crippen molar-refractivity contribution in [1.29, 1.82) is 5.26 Å². The molecule has 0 bridgehead atoms. The summed E-state index contributed by atoms with van der Waals surface area (Å²) in [6, 6.07) is 7.29. The van der Waals surface area contributed by atoms with Crippen LogP contribution in [0.2, 0.25) is 0 Å². The van der Waals surface area contributed by atoms with E-state index in [1.54, 1.807) is 23.1 Å². The van der Waals surface area contributed by atoms with Crippen molar-refractivity contribution in [3.8, 4) is 29.0 Å². The number of nitriles is 1. The summed E-state index contributed by atoms with van der Waals surface area (Å²) in [5, 5.41) is 9.00. The van der Waals surface area contributed by atoms with Crippen LogP contribution in [-0.2, 0) is 12.7 Å². The molecule has 3 aromatic heterocycles. The maximum atomic E-state index is 16.6. The minimum Gasteiger partial charge on any atom is -0.490 e. The van der Waals surface area contributed by atoms with Crippen LogP contribution >= 0.6 is 11.3 Å². The number of likely N-dealkylation sites (tertiary alicyclic amines) is 1. The standard InChI is InChI=1S/C27H18F5N7O2S.C8H17N.C7H12FN/c1-40-26-37-20-17-21(41-8-7-39(25(17)38-26)10-11-3-2-6-36-23(11)34)18(27(30,31)32)16(19(20)29)12-4-5-14(28)22-15(12)13(9-33)24(35)42-22;1-2-6-9-7-4-3-5-8-9;8-6-4-7-2-1-3-9(7)5-6/h2-6H,7-8,10,35H2,1H3,(H2,34,36);2-8H2,1H3;6-7H,1-5H2. The van der Waals surface area contributed by atoms with Crippen LogP contribution in [0.3, 0.4) is 0 Å². The van der Waals surface area contributed by atoms with Crippen LogP contribution in [0.4, 0.5) is 43.0 Å². The normalized spacial score (nSPS) is 19.1. The van der Waals surface area contributed by atoms with Gasteiger partial charge in [0.05, 0.1) is 29.3 Å². The molecule has 2 aromatic carbocycles. The van der Waals surface area contributed by atoms with E-state index in [1.807, 2.05) is 0 Å². The maximum Gasteiger partial charge on any atom is 0.420 e. The number of thiophene rings is 1. The third-order valence-electron chi connectivity index (χ3n) is 11.3. The minimum atomic E-state index is -5.17. The molecule has 4 aliphatic heterocycles. The number of methoxy groups -OCH3 is 1. The Hall–Kier alpha value is -5.12. The summed E-state index contributed by atoms with van der Waals surface area (Å²) in [6.45, 7) is 7.98. The van der Waals surface area contributed by atoms with Gasteiger partial charge in [0.25, 0.3) is 0 Å². The molecule has 11 nitrogen and oxygen atoms in total. The largest absolute Gasteiger partial charge is 0.490 e. The summed E-state index contributed by atoms with van der Waals surface area (Å²) in [6.07, 6.45) is 4.77. The van der Waals surface area contributed by atoms with Crippen molar-refractivity contribution in [1.82, 2.24) is 24.8 Å². The van der Waals surface area contributed by atoms with Gasteiger partial charge < -0.3 is 30.7 Å². The smallest absolute Gasteiger partial charge is 0.420 e. The Bertz CT molecular complexity index is 2370. The van der Waals surface area contributed by atoms with Gasteiger partial charge in [-0.15, -0.1) is 11.3 Å². The molecule has 0 saturated carbocycles. The van der Waals surface area contributed by atoms with E-state index in [9.17, 15) is 27.2 Å². The number of hydrogen-bond acceptors (Lipinski definition) is 12. The Morgan fingerprint density at radius 1 is 1.03 bits per heavy atom. The van der Waals surface area contributed by atoms with Crippen molar-refractivity contribution in [2.75, 3.05) is 69.4 Å². The van der Waals surface area contributed by atoms with Crippen molar-refractivity contribution >= 4 is 49.0 Å². The highest BCUT2D eigenvalue weighted by atomic mass is 32.1. The third-order valence-corrected chi connectivity index (χ3v) is 12.3. The van der Waals surface area contributed by atoms with Gasteiger partial charge in [-0.05, 0) is 82.4 Å². The van der Waals surface area contributed by atoms with E-state index < -0.39 is 51.9 Å². The molecule has 0 aliphatic carbocycles. The first-order valence-electron chi connectivity index (χ1n) is 20.1. The van der Waals surface area contributed by atoms with Crippen molar-refractivity contribution < 1.29 is 35.8 Å². The molecular formula is C42H47F6N9O2S. The zero-order chi connectivity index (χ0) is 42.7. The first-order chi connectivity index (χ1) is 28.8. The van der Waals surface area contributed by atoms with E-state index >= 15 is 4.39 Å². The lowest BCUT2D eigenvalue weighted by Crippen LogP contribution is -2.30. The highest BCUT2D eigenvalue weighted by Crippen LogP contribution is 2.53. The zero-order valence-corrected chi connectivity index (χ0v) is 34.2. The summed E-state index contributed by atoms with van der Waals surface area (Å²) in [5.74, 6) is -2.82. The van der Waals surface area contributed by atoms with Crippen LogP contribution in [0.5, 0.6) is 11.8 Å². The average molecular weight is 856 g/mol. The SMILES string of the molecule is CCCN1CCCCC1.COc1nc2c3c(c(C(F)(F)F)c(-c4ccc(F)c5sc(N)c(C#N)c45)c(F)c3n1)OCCN2Cc1cccnc1N.FC1CC2CCCN2C1. The average Bonchev–Trinajstić information content (AvgIpc) is 3.88. The number of ether oxygens (including phenoxy) is 2. The summed E-state index contributed by atoms with van der Waals surface area (Å²) in [7, 11) is 1.23. The molecule has 4 aliphatic rings. The fourth-order valence-corrected chi connectivity index (χ4v) is 9.54. The van der Waals surface area contributed by atoms with Crippen molar-refractivity contribution in [3.05, 3.63) is 58.8 Å². The first kappa shape index (κ1) is 43.0. The van der Waals surface area contributed by atoms with Crippen molar-refractivity contribution in [2.45, 2.75) is 76.8 Å². The van der Waals surface area contributed by atoms with Crippen molar-refractivity contribution in [3.63, 3.8) is 0 Å². The molecule has 9 rings (SSSR count). The second-order valence-corrected chi connectivity index (χ2v) is 16.3. The highest BCUT2D eigenvalue weighted by molar-refractivity contribution is 7.23. The number of halogens is 6. The number of nitrogens with zero attached hydrogens (tertiary/aromatic N) is 7. The summed E-state index contributed by atoms with van der Waals surface area (Å²) >= 11 is 0.675. The number of piperidine rings is 1. The molecule has 3 saturated heterocycles. The van der Waals surface area contributed by atoms with Crippen LogP contribution in [0.15, 0.2) is 30.5 Å². The highest BCUT2D eigenvalue weighted by Gasteiger charge is 2.44. The Kier molecular flexibility index (Phi) is 13.1. The van der Waals surface area contributed by atoms with Crippen molar-refractivity contribution in [2.24, 2.45) is 0 Å². The first-order valence-corrected chi connectivity index (χ1v) is 20.9. The van der Waals surface area contributed by atoms with Crippen LogP contribution in [0.25, 0.3) is 32.1 Å².